The van der Waals surface area contributed by atoms with E-state index in [0.717, 1.165) is 4.90 Å². The van der Waals surface area contributed by atoms with E-state index in [-0.39, 0.29) is 11.3 Å². The average molecular weight is 247 g/mol. The number of halogens is 3. The summed E-state index contributed by atoms with van der Waals surface area (Å²) in [6.45, 7) is 0.496. The zero-order valence-corrected chi connectivity index (χ0v) is 9.38. The van der Waals surface area contributed by atoms with Crippen LogP contribution in [0, 0.1) is 6.92 Å². The Morgan fingerprint density at radius 2 is 2.00 bits per heavy atom. The molecule has 0 atom stereocenters. The van der Waals surface area contributed by atoms with E-state index < -0.39 is 18.7 Å². The van der Waals surface area contributed by atoms with Crippen molar-refractivity contribution in [2.24, 2.45) is 0 Å². The van der Waals surface area contributed by atoms with Gasteiger partial charge in [-0.25, -0.2) is 4.79 Å². The van der Waals surface area contributed by atoms with E-state index in [0.29, 0.717) is 5.56 Å². The molecule has 3 nitrogen and oxygen atoms in total. The second kappa shape index (κ2) is 4.65. The molecule has 0 unspecified atom stereocenters. The Hall–Kier alpha value is -1.72. The zero-order valence-electron chi connectivity index (χ0n) is 9.38. The smallest absolute Gasteiger partial charge is 0.405 e. The summed E-state index contributed by atoms with van der Waals surface area (Å²) in [5.41, 5.74) is 0.615. The molecule has 17 heavy (non-hydrogen) atoms. The molecule has 1 aromatic rings. The highest BCUT2D eigenvalue weighted by Crippen LogP contribution is 2.25. The first-order chi connectivity index (χ1) is 7.70. The van der Waals surface area contributed by atoms with E-state index in [2.05, 4.69) is 0 Å². The Morgan fingerprint density at radius 3 is 2.47 bits per heavy atom. The number of anilines is 1. The van der Waals surface area contributed by atoms with Crippen LogP contribution in [0.3, 0.4) is 0 Å². The molecule has 0 fully saturated rings. The van der Waals surface area contributed by atoms with E-state index in [1.807, 2.05) is 0 Å². The maximum Gasteiger partial charge on any atom is 0.405 e. The molecule has 0 heterocycles. The van der Waals surface area contributed by atoms with Crippen molar-refractivity contribution < 1.29 is 23.1 Å². The van der Waals surface area contributed by atoms with E-state index in [4.69, 9.17) is 5.11 Å². The predicted molar refractivity (Wildman–Crippen MR) is 57.5 cm³/mol. The molecule has 0 aliphatic carbocycles. The lowest BCUT2D eigenvalue weighted by Crippen LogP contribution is -2.31. The van der Waals surface area contributed by atoms with Crippen LogP contribution in [0.4, 0.5) is 18.9 Å². The van der Waals surface area contributed by atoms with Gasteiger partial charge < -0.3 is 10.0 Å². The van der Waals surface area contributed by atoms with Gasteiger partial charge in [-0.1, -0.05) is 11.6 Å². The summed E-state index contributed by atoms with van der Waals surface area (Å²) in [7, 11) is 1.21. The number of carboxylic acids is 1. The first kappa shape index (κ1) is 13.3. The molecule has 0 amide bonds. The van der Waals surface area contributed by atoms with Gasteiger partial charge in [-0.15, -0.1) is 0 Å². The van der Waals surface area contributed by atoms with Crippen molar-refractivity contribution in [3.8, 4) is 0 Å². The average Bonchev–Trinajstić information content (AvgIpc) is 2.14. The topological polar surface area (TPSA) is 40.5 Å². The fourth-order valence-electron chi connectivity index (χ4n) is 1.51. The van der Waals surface area contributed by atoms with Gasteiger partial charge in [0.25, 0.3) is 0 Å². The van der Waals surface area contributed by atoms with Gasteiger partial charge >= 0.3 is 12.1 Å². The Balaban J connectivity index is 3.09. The number of alkyl halides is 3. The maximum absolute atomic E-state index is 12.2. The van der Waals surface area contributed by atoms with Crippen molar-refractivity contribution in [3.63, 3.8) is 0 Å². The van der Waals surface area contributed by atoms with Crippen LogP contribution in [0.25, 0.3) is 0 Å². The number of hydrogen-bond donors (Lipinski definition) is 1. The van der Waals surface area contributed by atoms with Gasteiger partial charge in [0, 0.05) is 7.05 Å². The van der Waals surface area contributed by atoms with Crippen molar-refractivity contribution in [1.82, 2.24) is 0 Å². The van der Waals surface area contributed by atoms with Crippen LogP contribution in [0.5, 0.6) is 0 Å². The van der Waals surface area contributed by atoms with E-state index >= 15 is 0 Å². The monoisotopic (exact) mass is 247 g/mol. The van der Waals surface area contributed by atoms with Crippen LogP contribution in [0.1, 0.15) is 15.9 Å². The standard InChI is InChI=1S/C11H12F3NO2/c1-7-3-4-9(8(5-7)10(16)17)15(2)6-11(12,13)14/h3-5H,6H2,1-2H3,(H,16,17). The number of carbonyl (C=O) groups is 1. The summed E-state index contributed by atoms with van der Waals surface area (Å²) in [5, 5.41) is 8.93. The third-order valence-corrected chi connectivity index (χ3v) is 2.21. The molecule has 1 N–H and O–H groups in total. The van der Waals surface area contributed by atoms with Crippen LogP contribution < -0.4 is 4.90 Å². The maximum atomic E-state index is 12.2. The zero-order chi connectivity index (χ0) is 13.2. The first-order valence-electron chi connectivity index (χ1n) is 4.82. The Bertz CT molecular complexity index is 429. The van der Waals surface area contributed by atoms with Gasteiger partial charge in [0.15, 0.2) is 0 Å². The van der Waals surface area contributed by atoms with Crippen molar-refractivity contribution in [2.45, 2.75) is 13.1 Å². The fourth-order valence-corrected chi connectivity index (χ4v) is 1.51. The van der Waals surface area contributed by atoms with Crippen LogP contribution in [-0.4, -0.2) is 30.8 Å². The number of rotatable bonds is 3. The number of benzene rings is 1. The van der Waals surface area contributed by atoms with Gasteiger partial charge in [0.1, 0.15) is 6.54 Å². The summed E-state index contributed by atoms with van der Waals surface area (Å²) in [6.07, 6.45) is -4.37. The molecule has 0 aliphatic rings. The summed E-state index contributed by atoms with van der Waals surface area (Å²) in [6, 6.07) is 4.31. The van der Waals surface area contributed by atoms with Gasteiger partial charge in [0.2, 0.25) is 0 Å². The number of hydrogen-bond acceptors (Lipinski definition) is 2. The Morgan fingerprint density at radius 1 is 1.41 bits per heavy atom. The summed E-state index contributed by atoms with van der Waals surface area (Å²) in [5.74, 6) is -1.24. The normalized spacial score (nSPS) is 11.4. The van der Waals surface area contributed by atoms with Crippen LogP contribution in [-0.2, 0) is 0 Å². The molecule has 0 bridgehead atoms. The highest BCUT2D eigenvalue weighted by Gasteiger charge is 2.30. The van der Waals surface area contributed by atoms with Gasteiger partial charge in [0.05, 0.1) is 11.3 Å². The predicted octanol–water partition coefficient (Wildman–Crippen LogP) is 2.69. The molecule has 1 aromatic carbocycles. The minimum Gasteiger partial charge on any atom is -0.478 e. The number of carboxylic acid groups (broad SMARTS) is 1. The Labute approximate surface area is 96.5 Å². The molecule has 0 radical (unpaired) electrons. The second-order valence-corrected chi connectivity index (χ2v) is 3.80. The molecule has 1 rings (SSSR count). The minimum atomic E-state index is -4.37. The lowest BCUT2D eigenvalue weighted by Gasteiger charge is -2.22. The van der Waals surface area contributed by atoms with E-state index in [1.54, 1.807) is 13.0 Å². The lowest BCUT2D eigenvalue weighted by molar-refractivity contribution is -0.119. The van der Waals surface area contributed by atoms with E-state index in [9.17, 15) is 18.0 Å². The molecular formula is C11H12F3NO2. The third kappa shape index (κ3) is 3.65. The van der Waals surface area contributed by atoms with Gasteiger partial charge in [-0.05, 0) is 19.1 Å². The van der Waals surface area contributed by atoms with Crippen molar-refractivity contribution >= 4 is 11.7 Å². The van der Waals surface area contributed by atoms with Crippen molar-refractivity contribution in [2.75, 3.05) is 18.5 Å². The minimum absolute atomic E-state index is 0.0559. The first-order valence-corrected chi connectivity index (χ1v) is 4.82. The molecule has 0 aliphatic heterocycles. The van der Waals surface area contributed by atoms with Gasteiger partial charge in [-0.3, -0.25) is 0 Å². The molecule has 0 aromatic heterocycles. The largest absolute Gasteiger partial charge is 0.478 e. The molecule has 0 saturated carbocycles. The number of aryl methyl sites for hydroxylation is 1. The summed E-state index contributed by atoms with van der Waals surface area (Å²) < 4.78 is 36.6. The summed E-state index contributed by atoms with van der Waals surface area (Å²) in [4.78, 5) is 11.8. The van der Waals surface area contributed by atoms with E-state index in [1.165, 1.54) is 19.2 Å². The number of aromatic carboxylic acids is 1. The highest BCUT2D eigenvalue weighted by atomic mass is 19.4. The third-order valence-electron chi connectivity index (χ3n) is 2.21. The molecule has 6 heteroatoms. The van der Waals surface area contributed by atoms with Crippen molar-refractivity contribution in [1.29, 1.82) is 0 Å². The molecule has 94 valence electrons. The van der Waals surface area contributed by atoms with Crippen LogP contribution in [0.15, 0.2) is 18.2 Å². The molecule has 0 spiro atoms. The van der Waals surface area contributed by atoms with Crippen LogP contribution in [0.2, 0.25) is 0 Å². The highest BCUT2D eigenvalue weighted by molar-refractivity contribution is 5.94. The molecule has 0 saturated heterocycles. The van der Waals surface area contributed by atoms with Crippen LogP contribution >= 0.6 is 0 Å². The SMILES string of the molecule is Cc1ccc(N(C)CC(F)(F)F)c(C(=O)O)c1. The second-order valence-electron chi connectivity index (χ2n) is 3.80. The Kier molecular flexibility index (Phi) is 3.65. The van der Waals surface area contributed by atoms with Crippen molar-refractivity contribution in [3.05, 3.63) is 29.3 Å². The lowest BCUT2D eigenvalue weighted by atomic mass is 10.1. The van der Waals surface area contributed by atoms with Gasteiger partial charge in [-0.2, -0.15) is 13.2 Å². The quantitative estimate of drug-likeness (QED) is 0.892. The molecular weight excluding hydrogens is 235 g/mol. The fraction of sp³-hybridized carbons (Fsp3) is 0.364. The number of nitrogens with zero attached hydrogens (tertiary/aromatic N) is 1. The summed E-state index contributed by atoms with van der Waals surface area (Å²) >= 11 is 0.